The molecule has 0 spiro atoms. The Hall–Kier alpha value is -5.08. The van der Waals surface area contributed by atoms with Crippen LogP contribution in [0.25, 0.3) is 71.6 Å². The third-order valence-corrected chi connectivity index (χ3v) is 8.10. The van der Waals surface area contributed by atoms with Gasteiger partial charge >= 0.3 is 0 Å². The molecule has 39 heavy (non-hydrogen) atoms. The molecule has 2 aromatic heterocycles. The zero-order valence-corrected chi connectivity index (χ0v) is 21.7. The maximum atomic E-state index is 2.45. The van der Waals surface area contributed by atoms with Crippen LogP contribution in [0.1, 0.15) is 0 Å². The van der Waals surface area contributed by atoms with E-state index in [0.29, 0.717) is 0 Å². The molecule has 2 heteroatoms. The summed E-state index contributed by atoms with van der Waals surface area (Å²) in [6.45, 7) is 0. The van der Waals surface area contributed by atoms with Gasteiger partial charge in [0, 0.05) is 45.3 Å². The fourth-order valence-electron chi connectivity index (χ4n) is 6.32. The summed E-state index contributed by atoms with van der Waals surface area (Å²) in [6, 6.07) is 50.5. The van der Waals surface area contributed by atoms with Crippen LogP contribution in [0.2, 0.25) is 0 Å². The van der Waals surface area contributed by atoms with Crippen LogP contribution in [0.5, 0.6) is 0 Å². The summed E-state index contributed by atoms with van der Waals surface area (Å²) in [5, 5.41) is 5.21. The van der Waals surface area contributed by atoms with E-state index in [4.69, 9.17) is 0 Å². The fourth-order valence-corrected chi connectivity index (χ4v) is 6.32. The lowest BCUT2D eigenvalue weighted by Gasteiger charge is -2.14. The quantitative estimate of drug-likeness (QED) is 0.229. The molecule has 0 saturated heterocycles. The smallest absolute Gasteiger partial charge is 0.0548 e. The van der Waals surface area contributed by atoms with Gasteiger partial charge in [-0.1, -0.05) is 97.1 Å². The Morgan fingerprint density at radius 1 is 0.385 bits per heavy atom. The zero-order valence-electron chi connectivity index (χ0n) is 21.7. The third-order valence-electron chi connectivity index (χ3n) is 8.10. The molecule has 8 rings (SSSR count). The molecule has 8 aromatic rings. The number of hydrogen-bond acceptors (Lipinski definition) is 0. The maximum Gasteiger partial charge on any atom is 0.0548 e. The molecule has 2 heterocycles. The number of benzene rings is 6. The van der Waals surface area contributed by atoms with Crippen LogP contribution in [0.3, 0.4) is 0 Å². The van der Waals surface area contributed by atoms with Crippen molar-refractivity contribution in [3.05, 3.63) is 140 Å². The van der Waals surface area contributed by atoms with Crippen LogP contribution < -0.4 is 0 Å². The molecule has 0 unspecified atom stereocenters. The van der Waals surface area contributed by atoms with Crippen molar-refractivity contribution in [2.24, 2.45) is 7.05 Å². The lowest BCUT2D eigenvalue weighted by molar-refractivity contribution is 1.01. The van der Waals surface area contributed by atoms with Crippen LogP contribution in [-0.2, 0) is 7.05 Å². The number of rotatable bonds is 3. The second-order valence-corrected chi connectivity index (χ2v) is 10.3. The molecule has 0 N–H and O–H groups in total. The first kappa shape index (κ1) is 22.0. The molecule has 0 radical (unpaired) electrons. The Morgan fingerprint density at radius 3 is 1.51 bits per heavy atom. The van der Waals surface area contributed by atoms with Crippen LogP contribution in [0, 0.1) is 0 Å². The largest absolute Gasteiger partial charge is 0.344 e. The van der Waals surface area contributed by atoms with Crippen molar-refractivity contribution >= 4 is 43.6 Å². The number of nitrogens with zero attached hydrogens (tertiary/aromatic N) is 2. The lowest BCUT2D eigenvalue weighted by Crippen LogP contribution is -1.96. The van der Waals surface area contributed by atoms with E-state index in [1.807, 2.05) is 0 Å². The molecule has 0 aliphatic carbocycles. The van der Waals surface area contributed by atoms with Gasteiger partial charge in [-0.2, -0.15) is 0 Å². The first-order valence-corrected chi connectivity index (χ1v) is 13.4. The summed E-state index contributed by atoms with van der Waals surface area (Å²) >= 11 is 0. The number of aromatic nitrogens is 2. The van der Waals surface area contributed by atoms with Gasteiger partial charge in [0.1, 0.15) is 0 Å². The molecule has 0 aliphatic rings. The van der Waals surface area contributed by atoms with E-state index in [1.54, 1.807) is 0 Å². The van der Waals surface area contributed by atoms with Gasteiger partial charge in [-0.3, -0.25) is 0 Å². The van der Waals surface area contributed by atoms with Crippen molar-refractivity contribution in [1.29, 1.82) is 0 Å². The lowest BCUT2D eigenvalue weighted by atomic mass is 9.98. The minimum absolute atomic E-state index is 1.17. The van der Waals surface area contributed by atoms with E-state index in [9.17, 15) is 0 Å². The summed E-state index contributed by atoms with van der Waals surface area (Å²) in [4.78, 5) is 0. The minimum Gasteiger partial charge on any atom is -0.344 e. The Labute approximate surface area is 227 Å². The van der Waals surface area contributed by atoms with Gasteiger partial charge in [0.25, 0.3) is 0 Å². The van der Waals surface area contributed by atoms with E-state index >= 15 is 0 Å². The Balaban J connectivity index is 1.51. The maximum absolute atomic E-state index is 2.45. The van der Waals surface area contributed by atoms with E-state index < -0.39 is 0 Å². The molecule has 0 saturated carbocycles. The van der Waals surface area contributed by atoms with Gasteiger partial charge in [0.15, 0.2) is 0 Å². The number of aryl methyl sites for hydroxylation is 1. The molecular weight excluding hydrogens is 472 g/mol. The van der Waals surface area contributed by atoms with Gasteiger partial charge in [-0.15, -0.1) is 0 Å². The second-order valence-electron chi connectivity index (χ2n) is 10.3. The van der Waals surface area contributed by atoms with Gasteiger partial charge in [-0.05, 0) is 64.7 Å². The van der Waals surface area contributed by atoms with E-state index in [-0.39, 0.29) is 0 Å². The second kappa shape index (κ2) is 8.47. The first-order valence-electron chi connectivity index (χ1n) is 13.4. The zero-order chi connectivity index (χ0) is 25.9. The SMILES string of the molecule is Cn1c2ccccc2c2c3c4ccccc4n(-c4cc(-c5ccccc5)cc(-c5ccccc5)c4)c3ccc21. The van der Waals surface area contributed by atoms with Gasteiger partial charge < -0.3 is 9.13 Å². The van der Waals surface area contributed by atoms with E-state index in [0.717, 1.165) is 0 Å². The molecule has 0 fully saturated rings. The predicted octanol–water partition coefficient (Wildman–Crippen LogP) is 9.76. The molecular formula is C37H26N2. The highest BCUT2D eigenvalue weighted by Gasteiger charge is 2.19. The van der Waals surface area contributed by atoms with Crippen molar-refractivity contribution in [3.63, 3.8) is 0 Å². The van der Waals surface area contributed by atoms with Crippen molar-refractivity contribution in [2.45, 2.75) is 0 Å². The third kappa shape index (κ3) is 3.28. The Bertz CT molecular complexity index is 2110. The van der Waals surface area contributed by atoms with Crippen LogP contribution in [-0.4, -0.2) is 9.13 Å². The van der Waals surface area contributed by atoms with Crippen molar-refractivity contribution in [1.82, 2.24) is 9.13 Å². The van der Waals surface area contributed by atoms with Crippen LogP contribution >= 0.6 is 0 Å². The Morgan fingerprint density at radius 2 is 0.872 bits per heavy atom. The molecule has 184 valence electrons. The summed E-state index contributed by atoms with van der Waals surface area (Å²) in [5.41, 5.74) is 11.0. The minimum atomic E-state index is 1.17. The highest BCUT2D eigenvalue weighted by molar-refractivity contribution is 6.28. The molecule has 0 bridgehead atoms. The standard InChI is InChI=1S/C37H26N2/c1-38-32-18-10-8-16-30(32)36-34(38)20-21-35-37(36)31-17-9-11-19-33(31)39(35)29-23-27(25-12-4-2-5-13-25)22-28(24-29)26-14-6-3-7-15-26/h2-24H,1H3. The molecule has 0 aliphatic heterocycles. The first-order chi connectivity index (χ1) is 19.3. The fraction of sp³-hybridized carbons (Fsp3) is 0.0270. The predicted molar refractivity (Wildman–Crippen MR) is 166 cm³/mol. The van der Waals surface area contributed by atoms with Crippen molar-refractivity contribution in [3.8, 4) is 27.9 Å². The van der Waals surface area contributed by atoms with E-state index in [1.165, 1.54) is 71.6 Å². The van der Waals surface area contributed by atoms with Crippen LogP contribution in [0.4, 0.5) is 0 Å². The summed E-state index contributed by atoms with van der Waals surface area (Å²) in [7, 11) is 2.17. The normalized spacial score (nSPS) is 11.7. The topological polar surface area (TPSA) is 9.86 Å². The summed E-state index contributed by atoms with van der Waals surface area (Å²) in [5.74, 6) is 0. The number of para-hydroxylation sites is 2. The Kier molecular flexibility index (Phi) is 4.77. The highest BCUT2D eigenvalue weighted by atomic mass is 15.0. The van der Waals surface area contributed by atoms with Crippen LogP contribution in [0.15, 0.2) is 140 Å². The van der Waals surface area contributed by atoms with Gasteiger partial charge in [0.05, 0.1) is 11.0 Å². The van der Waals surface area contributed by atoms with Crippen molar-refractivity contribution in [2.75, 3.05) is 0 Å². The monoisotopic (exact) mass is 498 g/mol. The number of fused-ring (bicyclic) bond motifs is 7. The van der Waals surface area contributed by atoms with E-state index in [2.05, 4.69) is 156 Å². The molecule has 0 atom stereocenters. The molecule has 0 amide bonds. The van der Waals surface area contributed by atoms with Gasteiger partial charge in [0.2, 0.25) is 0 Å². The molecule has 6 aromatic carbocycles. The number of hydrogen-bond donors (Lipinski definition) is 0. The average Bonchev–Trinajstić information content (AvgIpc) is 3.50. The summed E-state index contributed by atoms with van der Waals surface area (Å²) in [6.07, 6.45) is 0. The highest BCUT2D eigenvalue weighted by Crippen LogP contribution is 2.41. The van der Waals surface area contributed by atoms with Gasteiger partial charge in [-0.25, -0.2) is 0 Å². The average molecular weight is 499 g/mol. The summed E-state index contributed by atoms with van der Waals surface area (Å²) < 4.78 is 4.77. The molecule has 2 nitrogen and oxygen atoms in total. The van der Waals surface area contributed by atoms with Crippen molar-refractivity contribution < 1.29 is 0 Å².